The Bertz CT molecular complexity index is 523. The highest BCUT2D eigenvalue weighted by Gasteiger charge is 2.04. The van der Waals surface area contributed by atoms with Gasteiger partial charge in [-0.1, -0.05) is 60.2 Å². The van der Waals surface area contributed by atoms with Gasteiger partial charge in [0.05, 0.1) is 6.04 Å². The van der Waals surface area contributed by atoms with E-state index in [0.717, 1.165) is 5.71 Å². The number of nitrogens with zero attached hydrogens (tertiary/aromatic N) is 1. The molecule has 2 rings (SSSR count). The lowest BCUT2D eigenvalue weighted by molar-refractivity contribution is 0.819. The first-order chi connectivity index (χ1) is 8.66. The predicted molar refractivity (Wildman–Crippen MR) is 78.2 cm³/mol. The second-order valence-electron chi connectivity index (χ2n) is 4.67. The van der Waals surface area contributed by atoms with Crippen LogP contribution in [0, 0.1) is 6.92 Å². The predicted octanol–water partition coefficient (Wildman–Crippen LogP) is 4.57. The van der Waals surface area contributed by atoms with Gasteiger partial charge >= 0.3 is 0 Å². The van der Waals surface area contributed by atoms with Crippen molar-refractivity contribution in [2.45, 2.75) is 26.8 Å². The third-order valence-corrected chi connectivity index (χ3v) is 3.14. The summed E-state index contributed by atoms with van der Waals surface area (Å²) in [5, 5.41) is 0. The molecule has 0 saturated carbocycles. The largest absolute Gasteiger partial charge is 0.282 e. The molecule has 0 spiro atoms. The molecule has 92 valence electrons. The van der Waals surface area contributed by atoms with Gasteiger partial charge in [-0.2, -0.15) is 0 Å². The van der Waals surface area contributed by atoms with E-state index in [0.29, 0.717) is 0 Å². The van der Waals surface area contributed by atoms with Crippen molar-refractivity contribution in [2.24, 2.45) is 4.99 Å². The maximum Gasteiger partial charge on any atom is 0.0724 e. The molecule has 2 aromatic carbocycles. The highest BCUT2D eigenvalue weighted by molar-refractivity contribution is 5.98. The summed E-state index contributed by atoms with van der Waals surface area (Å²) < 4.78 is 0. The van der Waals surface area contributed by atoms with Gasteiger partial charge in [0.1, 0.15) is 0 Å². The van der Waals surface area contributed by atoms with Crippen molar-refractivity contribution < 1.29 is 0 Å². The van der Waals surface area contributed by atoms with Crippen molar-refractivity contribution >= 4 is 5.71 Å². The van der Waals surface area contributed by atoms with Crippen molar-refractivity contribution in [3.05, 3.63) is 71.3 Å². The van der Waals surface area contributed by atoms with Crippen molar-refractivity contribution in [3.63, 3.8) is 0 Å². The maximum atomic E-state index is 4.76. The molecule has 0 aliphatic rings. The average molecular weight is 237 g/mol. The van der Waals surface area contributed by atoms with Gasteiger partial charge in [-0.25, -0.2) is 0 Å². The number of aliphatic imine (C=N–C) groups is 1. The van der Waals surface area contributed by atoms with E-state index in [1.807, 2.05) is 18.2 Å². The van der Waals surface area contributed by atoms with Gasteiger partial charge < -0.3 is 0 Å². The molecule has 0 saturated heterocycles. The molecular weight excluding hydrogens is 218 g/mol. The summed E-state index contributed by atoms with van der Waals surface area (Å²) in [4.78, 5) is 4.76. The van der Waals surface area contributed by atoms with E-state index >= 15 is 0 Å². The Morgan fingerprint density at radius 3 is 2.17 bits per heavy atom. The molecule has 18 heavy (non-hydrogen) atoms. The third-order valence-electron chi connectivity index (χ3n) is 3.14. The fraction of sp³-hybridized carbons (Fsp3) is 0.235. The van der Waals surface area contributed by atoms with E-state index in [1.165, 1.54) is 16.7 Å². The molecule has 0 unspecified atom stereocenters. The summed E-state index contributed by atoms with van der Waals surface area (Å²) in [6.45, 7) is 6.31. The van der Waals surface area contributed by atoms with Gasteiger partial charge in [-0.15, -0.1) is 0 Å². The van der Waals surface area contributed by atoms with Crippen LogP contribution >= 0.6 is 0 Å². The van der Waals surface area contributed by atoms with Crippen LogP contribution in [-0.2, 0) is 0 Å². The number of rotatable bonds is 3. The number of benzene rings is 2. The third kappa shape index (κ3) is 3.07. The number of aryl methyl sites for hydroxylation is 1. The minimum absolute atomic E-state index is 0.200. The molecule has 1 nitrogen and oxygen atoms in total. The Hall–Kier alpha value is -1.89. The lowest BCUT2D eigenvalue weighted by Gasteiger charge is -2.09. The normalized spacial score (nSPS) is 13.4. The minimum Gasteiger partial charge on any atom is -0.282 e. The smallest absolute Gasteiger partial charge is 0.0724 e. The van der Waals surface area contributed by atoms with Gasteiger partial charge in [-0.05, 0) is 31.9 Å². The average Bonchev–Trinajstić information content (AvgIpc) is 2.40. The molecule has 0 aromatic heterocycles. The van der Waals surface area contributed by atoms with E-state index < -0.39 is 0 Å². The van der Waals surface area contributed by atoms with Crippen molar-refractivity contribution in [3.8, 4) is 0 Å². The second-order valence-corrected chi connectivity index (χ2v) is 4.67. The van der Waals surface area contributed by atoms with Crippen molar-refractivity contribution in [1.29, 1.82) is 0 Å². The van der Waals surface area contributed by atoms with Gasteiger partial charge in [0.2, 0.25) is 0 Å². The maximum absolute atomic E-state index is 4.76. The Balaban J connectivity index is 2.20. The van der Waals surface area contributed by atoms with Crippen LogP contribution in [0.3, 0.4) is 0 Å². The second kappa shape index (κ2) is 5.63. The molecule has 0 radical (unpaired) electrons. The minimum atomic E-state index is 0.200. The van der Waals surface area contributed by atoms with Gasteiger partial charge in [0.15, 0.2) is 0 Å². The fourth-order valence-corrected chi connectivity index (χ4v) is 1.96. The highest BCUT2D eigenvalue weighted by atomic mass is 14.8. The van der Waals surface area contributed by atoms with E-state index in [4.69, 9.17) is 4.99 Å². The molecular formula is C17H19N. The zero-order valence-corrected chi connectivity index (χ0v) is 11.2. The molecule has 2 aromatic rings. The van der Waals surface area contributed by atoms with Gasteiger partial charge in [-0.3, -0.25) is 4.99 Å². The Morgan fingerprint density at radius 2 is 1.56 bits per heavy atom. The Kier molecular flexibility index (Phi) is 3.93. The summed E-state index contributed by atoms with van der Waals surface area (Å²) in [7, 11) is 0. The zero-order valence-electron chi connectivity index (χ0n) is 11.2. The van der Waals surface area contributed by atoms with Gasteiger partial charge in [0, 0.05) is 5.71 Å². The fourth-order valence-electron chi connectivity index (χ4n) is 1.96. The lowest BCUT2D eigenvalue weighted by atomic mass is 10.1. The quantitative estimate of drug-likeness (QED) is 0.694. The zero-order chi connectivity index (χ0) is 13.0. The molecule has 1 atom stereocenters. The molecule has 0 N–H and O–H groups in total. The van der Waals surface area contributed by atoms with E-state index in [-0.39, 0.29) is 6.04 Å². The monoisotopic (exact) mass is 237 g/mol. The molecule has 0 aliphatic heterocycles. The molecule has 0 bridgehead atoms. The number of hydrogen-bond acceptors (Lipinski definition) is 1. The topological polar surface area (TPSA) is 12.4 Å². The highest BCUT2D eigenvalue weighted by Crippen LogP contribution is 2.18. The number of hydrogen-bond donors (Lipinski definition) is 0. The van der Waals surface area contributed by atoms with Crippen LogP contribution in [-0.4, -0.2) is 5.71 Å². The first-order valence-corrected chi connectivity index (χ1v) is 6.33. The van der Waals surface area contributed by atoms with Crippen LogP contribution in [0.5, 0.6) is 0 Å². The van der Waals surface area contributed by atoms with Crippen molar-refractivity contribution in [2.75, 3.05) is 0 Å². The van der Waals surface area contributed by atoms with E-state index in [2.05, 4.69) is 57.2 Å². The van der Waals surface area contributed by atoms with Crippen LogP contribution in [0.25, 0.3) is 0 Å². The molecule has 0 aliphatic carbocycles. The molecule has 0 fully saturated rings. The SMILES string of the molecule is CC(=N[C@@H](C)c1ccc(C)cc1)c1ccccc1. The van der Waals surface area contributed by atoms with Crippen LogP contribution in [0.4, 0.5) is 0 Å². The van der Waals surface area contributed by atoms with Crippen LogP contribution in [0.15, 0.2) is 59.6 Å². The van der Waals surface area contributed by atoms with Gasteiger partial charge in [0.25, 0.3) is 0 Å². The van der Waals surface area contributed by atoms with E-state index in [1.54, 1.807) is 0 Å². The van der Waals surface area contributed by atoms with Crippen molar-refractivity contribution in [1.82, 2.24) is 0 Å². The summed E-state index contributed by atoms with van der Waals surface area (Å²) in [5.41, 5.74) is 4.82. The summed E-state index contributed by atoms with van der Waals surface area (Å²) in [6, 6.07) is 19.1. The molecule has 0 amide bonds. The first-order valence-electron chi connectivity index (χ1n) is 6.33. The van der Waals surface area contributed by atoms with Crippen LogP contribution in [0.2, 0.25) is 0 Å². The summed E-state index contributed by atoms with van der Waals surface area (Å²) in [5.74, 6) is 0. The Morgan fingerprint density at radius 1 is 0.944 bits per heavy atom. The van der Waals surface area contributed by atoms with Crippen LogP contribution < -0.4 is 0 Å². The first kappa shape index (κ1) is 12.6. The summed E-state index contributed by atoms with van der Waals surface area (Å²) in [6.07, 6.45) is 0. The standard InChI is InChI=1S/C17H19N/c1-13-9-11-17(12-10-13)15(3)18-14(2)16-7-5-4-6-8-16/h4-12,15H,1-3H3/t15-/m0/s1. The molecule has 1 heteroatoms. The van der Waals surface area contributed by atoms with Crippen LogP contribution in [0.1, 0.15) is 36.6 Å². The summed E-state index contributed by atoms with van der Waals surface area (Å²) >= 11 is 0. The lowest BCUT2D eigenvalue weighted by Crippen LogP contribution is -1.98. The Labute approximate surface area is 109 Å². The molecule has 0 heterocycles. The van der Waals surface area contributed by atoms with E-state index in [9.17, 15) is 0 Å².